The first-order valence-corrected chi connectivity index (χ1v) is 10.2. The lowest BCUT2D eigenvalue weighted by Gasteiger charge is -2.07. The van der Waals surface area contributed by atoms with E-state index in [0.29, 0.717) is 17.9 Å². The topological polar surface area (TPSA) is 48.4 Å². The van der Waals surface area contributed by atoms with E-state index < -0.39 is 0 Å². The van der Waals surface area contributed by atoms with Gasteiger partial charge in [-0.3, -0.25) is 4.98 Å². The van der Waals surface area contributed by atoms with E-state index in [-0.39, 0.29) is 5.97 Å². The summed E-state index contributed by atoms with van der Waals surface area (Å²) in [4.78, 5) is 16.8. The molecule has 4 nitrogen and oxygen atoms in total. The Morgan fingerprint density at radius 3 is 2.21 bits per heavy atom. The molecule has 0 unspecified atom stereocenters. The van der Waals surface area contributed by atoms with Gasteiger partial charge in [0.1, 0.15) is 11.5 Å². The number of hydrogen-bond acceptors (Lipinski definition) is 4. The second-order valence-corrected chi connectivity index (χ2v) is 6.94. The minimum atomic E-state index is -0.376. The van der Waals surface area contributed by atoms with Gasteiger partial charge in [0.15, 0.2) is 0 Å². The highest BCUT2D eigenvalue weighted by atomic mass is 16.5. The predicted molar refractivity (Wildman–Crippen MR) is 115 cm³/mol. The Labute approximate surface area is 172 Å². The van der Waals surface area contributed by atoms with E-state index in [1.165, 1.54) is 5.56 Å². The molecule has 0 saturated carbocycles. The lowest BCUT2D eigenvalue weighted by Crippen LogP contribution is -2.08. The quantitative estimate of drug-likeness (QED) is 0.415. The number of rotatable bonds is 9. The summed E-state index contributed by atoms with van der Waals surface area (Å²) in [6.45, 7) is 4.95. The fourth-order valence-corrected chi connectivity index (χ4v) is 2.91. The van der Waals surface area contributed by atoms with Crippen LogP contribution in [0.2, 0.25) is 0 Å². The molecule has 0 aliphatic heterocycles. The van der Waals surface area contributed by atoms with Crippen LogP contribution in [-0.4, -0.2) is 17.6 Å². The number of carbonyl (C=O) groups excluding carboxylic acids is 1. The number of aryl methyl sites for hydroxylation is 1. The summed E-state index contributed by atoms with van der Waals surface area (Å²) >= 11 is 0. The van der Waals surface area contributed by atoms with Crippen LogP contribution in [0.4, 0.5) is 0 Å². The molecule has 0 saturated heterocycles. The third kappa shape index (κ3) is 5.92. The van der Waals surface area contributed by atoms with Crippen molar-refractivity contribution in [3.05, 3.63) is 78.0 Å². The number of pyridine rings is 1. The largest absolute Gasteiger partial charge is 0.494 e. The summed E-state index contributed by atoms with van der Waals surface area (Å²) in [5.41, 5.74) is 3.57. The Morgan fingerprint density at radius 1 is 0.862 bits per heavy atom. The average Bonchev–Trinajstić information content (AvgIpc) is 2.77. The molecule has 0 atom stereocenters. The predicted octanol–water partition coefficient (Wildman–Crippen LogP) is 6.10. The van der Waals surface area contributed by atoms with Crippen molar-refractivity contribution in [1.29, 1.82) is 0 Å². The van der Waals surface area contributed by atoms with Crippen LogP contribution >= 0.6 is 0 Å². The molecule has 3 rings (SSSR count). The van der Waals surface area contributed by atoms with Gasteiger partial charge in [0, 0.05) is 5.56 Å². The van der Waals surface area contributed by atoms with Gasteiger partial charge in [0.2, 0.25) is 0 Å². The molecule has 1 aromatic heterocycles. The molecule has 0 aliphatic rings. The first-order valence-electron chi connectivity index (χ1n) is 10.2. The van der Waals surface area contributed by atoms with Gasteiger partial charge in [-0.2, -0.15) is 0 Å². The molecular weight excluding hydrogens is 362 g/mol. The number of unbranched alkanes of at least 4 members (excludes halogenated alkanes) is 1. The molecular formula is C25H27NO3. The zero-order chi connectivity index (χ0) is 20.5. The highest BCUT2D eigenvalue weighted by molar-refractivity contribution is 5.91. The zero-order valence-corrected chi connectivity index (χ0v) is 17.1. The number of carbonyl (C=O) groups is 1. The molecule has 1 heterocycles. The fourth-order valence-electron chi connectivity index (χ4n) is 2.91. The van der Waals surface area contributed by atoms with Gasteiger partial charge in [0.25, 0.3) is 0 Å². The minimum absolute atomic E-state index is 0.376. The van der Waals surface area contributed by atoms with Crippen LogP contribution in [0.25, 0.3) is 11.3 Å². The number of esters is 1. The Kier molecular flexibility index (Phi) is 7.40. The average molecular weight is 389 g/mol. The number of aromatic nitrogens is 1. The third-order valence-electron chi connectivity index (χ3n) is 4.58. The summed E-state index contributed by atoms with van der Waals surface area (Å²) in [7, 11) is 0. The van der Waals surface area contributed by atoms with E-state index >= 15 is 0 Å². The summed E-state index contributed by atoms with van der Waals surface area (Å²) in [5, 5.41) is 0. The van der Waals surface area contributed by atoms with E-state index in [4.69, 9.17) is 9.47 Å². The first-order chi connectivity index (χ1) is 14.2. The molecule has 29 heavy (non-hydrogen) atoms. The molecule has 0 radical (unpaired) electrons. The maximum atomic E-state index is 12.4. The SMILES string of the molecule is CCCCc1ccc(C(=O)Oc2ccc(-c3ccc(OCCC)cc3)nc2)cc1. The van der Waals surface area contributed by atoms with Crippen molar-refractivity contribution in [2.24, 2.45) is 0 Å². The summed E-state index contributed by atoms with van der Waals surface area (Å²) < 4.78 is 11.1. The van der Waals surface area contributed by atoms with Gasteiger partial charge in [-0.15, -0.1) is 0 Å². The van der Waals surface area contributed by atoms with Crippen LogP contribution in [0.5, 0.6) is 11.5 Å². The molecule has 150 valence electrons. The fraction of sp³-hybridized carbons (Fsp3) is 0.280. The van der Waals surface area contributed by atoms with Gasteiger partial charge in [-0.05, 0) is 73.4 Å². The lowest BCUT2D eigenvalue weighted by atomic mass is 10.1. The lowest BCUT2D eigenvalue weighted by molar-refractivity contribution is 0.0734. The molecule has 0 fully saturated rings. The molecule has 0 amide bonds. The van der Waals surface area contributed by atoms with Crippen LogP contribution in [0.1, 0.15) is 49.0 Å². The van der Waals surface area contributed by atoms with Crippen LogP contribution in [0.15, 0.2) is 66.9 Å². The summed E-state index contributed by atoms with van der Waals surface area (Å²) in [6, 6.07) is 19.0. The second kappa shape index (κ2) is 10.4. The molecule has 0 N–H and O–H groups in total. The van der Waals surface area contributed by atoms with E-state index in [1.54, 1.807) is 12.3 Å². The number of benzene rings is 2. The summed E-state index contributed by atoms with van der Waals surface area (Å²) in [5.74, 6) is 0.901. The van der Waals surface area contributed by atoms with Crippen molar-refractivity contribution in [2.75, 3.05) is 6.61 Å². The van der Waals surface area contributed by atoms with Crippen molar-refractivity contribution < 1.29 is 14.3 Å². The van der Waals surface area contributed by atoms with E-state index in [0.717, 1.165) is 42.7 Å². The van der Waals surface area contributed by atoms with Crippen molar-refractivity contribution in [3.8, 4) is 22.8 Å². The molecule has 2 aromatic carbocycles. The normalized spacial score (nSPS) is 10.6. The molecule has 0 spiro atoms. The van der Waals surface area contributed by atoms with E-state index in [9.17, 15) is 4.79 Å². The number of hydrogen-bond donors (Lipinski definition) is 0. The van der Waals surface area contributed by atoms with Crippen molar-refractivity contribution in [2.45, 2.75) is 39.5 Å². The Hall–Kier alpha value is -3.14. The van der Waals surface area contributed by atoms with Crippen LogP contribution < -0.4 is 9.47 Å². The third-order valence-corrected chi connectivity index (χ3v) is 4.58. The highest BCUT2D eigenvalue weighted by Crippen LogP contribution is 2.23. The van der Waals surface area contributed by atoms with Gasteiger partial charge in [-0.25, -0.2) is 4.79 Å². The van der Waals surface area contributed by atoms with Crippen molar-refractivity contribution in [1.82, 2.24) is 4.98 Å². The minimum Gasteiger partial charge on any atom is -0.494 e. The highest BCUT2D eigenvalue weighted by Gasteiger charge is 2.09. The van der Waals surface area contributed by atoms with Gasteiger partial charge < -0.3 is 9.47 Å². The number of ether oxygens (including phenoxy) is 2. The van der Waals surface area contributed by atoms with Crippen LogP contribution in [0.3, 0.4) is 0 Å². The monoisotopic (exact) mass is 389 g/mol. The van der Waals surface area contributed by atoms with E-state index in [1.807, 2.05) is 54.6 Å². The van der Waals surface area contributed by atoms with Gasteiger partial charge in [-0.1, -0.05) is 32.4 Å². The number of nitrogens with zero attached hydrogens (tertiary/aromatic N) is 1. The van der Waals surface area contributed by atoms with E-state index in [2.05, 4.69) is 18.8 Å². The van der Waals surface area contributed by atoms with Crippen molar-refractivity contribution >= 4 is 5.97 Å². The zero-order valence-electron chi connectivity index (χ0n) is 17.1. The maximum Gasteiger partial charge on any atom is 0.343 e. The Bertz CT molecular complexity index is 900. The Morgan fingerprint density at radius 2 is 1.59 bits per heavy atom. The molecule has 4 heteroatoms. The standard InChI is InChI=1S/C25H27NO3/c1-3-5-6-19-7-9-21(10-8-19)25(27)29-23-15-16-24(26-18-23)20-11-13-22(14-12-20)28-17-4-2/h7-16,18H,3-6,17H2,1-2H3. The molecule has 0 bridgehead atoms. The molecule has 3 aromatic rings. The van der Waals surface area contributed by atoms with Crippen LogP contribution in [0, 0.1) is 0 Å². The maximum absolute atomic E-state index is 12.4. The smallest absolute Gasteiger partial charge is 0.343 e. The first kappa shape index (κ1) is 20.6. The second-order valence-electron chi connectivity index (χ2n) is 6.94. The summed E-state index contributed by atoms with van der Waals surface area (Å²) in [6.07, 6.45) is 5.89. The van der Waals surface area contributed by atoms with Crippen molar-refractivity contribution in [3.63, 3.8) is 0 Å². The van der Waals surface area contributed by atoms with Gasteiger partial charge >= 0.3 is 5.97 Å². The van der Waals surface area contributed by atoms with Gasteiger partial charge in [0.05, 0.1) is 24.1 Å². The molecule has 0 aliphatic carbocycles. The Balaban J connectivity index is 1.60. The van der Waals surface area contributed by atoms with Crippen LogP contribution in [-0.2, 0) is 6.42 Å².